The lowest BCUT2D eigenvalue weighted by Crippen LogP contribution is -2.17. The molecule has 2 heteroatoms. The Hall–Kier alpha value is -1.28. The molecule has 0 saturated carbocycles. The van der Waals surface area contributed by atoms with Gasteiger partial charge in [-0.15, -0.1) is 6.58 Å². The largest absolute Gasteiger partial charge is 0.490 e. The molecule has 0 N–H and O–H groups in total. The number of benzene rings is 1. The maximum atomic E-state index is 5.90. The minimum Gasteiger partial charge on any atom is -0.490 e. The first-order valence-electron chi connectivity index (χ1n) is 7.19. The van der Waals surface area contributed by atoms with Gasteiger partial charge in [-0.2, -0.15) is 0 Å². The van der Waals surface area contributed by atoms with Crippen molar-refractivity contribution in [1.29, 1.82) is 0 Å². The van der Waals surface area contributed by atoms with Gasteiger partial charge >= 0.3 is 0 Å². The Morgan fingerprint density at radius 2 is 2.11 bits per heavy atom. The van der Waals surface area contributed by atoms with Crippen LogP contribution >= 0.6 is 0 Å². The molecule has 1 unspecified atom stereocenters. The molecule has 19 heavy (non-hydrogen) atoms. The van der Waals surface area contributed by atoms with Crippen LogP contribution in [0.1, 0.15) is 38.2 Å². The van der Waals surface area contributed by atoms with Crippen LogP contribution in [0.15, 0.2) is 36.9 Å². The summed E-state index contributed by atoms with van der Waals surface area (Å²) in [6, 6.07) is 8.34. The fourth-order valence-corrected chi connectivity index (χ4v) is 2.07. The number of epoxide rings is 1. The van der Waals surface area contributed by atoms with E-state index in [-0.39, 0.29) is 5.60 Å². The third-order valence-electron chi connectivity index (χ3n) is 3.50. The van der Waals surface area contributed by atoms with Crippen molar-refractivity contribution in [3.8, 4) is 5.75 Å². The maximum Gasteiger partial charge on any atom is 0.123 e. The molecule has 1 atom stereocenters. The van der Waals surface area contributed by atoms with E-state index in [2.05, 4.69) is 31.7 Å². The second-order valence-electron chi connectivity index (χ2n) is 5.52. The predicted molar refractivity (Wildman–Crippen MR) is 78.7 cm³/mol. The average molecular weight is 260 g/mol. The Morgan fingerprint density at radius 1 is 1.32 bits per heavy atom. The molecule has 0 bridgehead atoms. The minimum atomic E-state index is -0.0446. The van der Waals surface area contributed by atoms with Crippen LogP contribution in [0, 0.1) is 0 Å². The van der Waals surface area contributed by atoms with Gasteiger partial charge in [-0.25, -0.2) is 0 Å². The van der Waals surface area contributed by atoms with Crippen LogP contribution in [0.3, 0.4) is 0 Å². The van der Waals surface area contributed by atoms with E-state index in [1.54, 1.807) is 0 Å². The van der Waals surface area contributed by atoms with Crippen molar-refractivity contribution in [3.63, 3.8) is 0 Å². The van der Waals surface area contributed by atoms with E-state index in [0.717, 1.165) is 25.2 Å². The highest BCUT2D eigenvalue weighted by atomic mass is 16.6. The molecule has 0 aromatic heterocycles. The molecule has 104 valence electrons. The number of aryl methyl sites for hydroxylation is 1. The van der Waals surface area contributed by atoms with Gasteiger partial charge in [0.1, 0.15) is 18.0 Å². The van der Waals surface area contributed by atoms with Crippen LogP contribution < -0.4 is 4.74 Å². The molecule has 1 aliphatic rings. The smallest absolute Gasteiger partial charge is 0.123 e. The standard InChI is InChI=1S/C17H24O2/c1-3-4-5-6-7-10-15-11-8-9-12-16(15)18-13-17(2)14-19-17/h3,8-9,11-12H,1,4-7,10,13-14H2,2H3. The Balaban J connectivity index is 1.79. The lowest BCUT2D eigenvalue weighted by Gasteiger charge is -2.13. The van der Waals surface area contributed by atoms with Gasteiger partial charge in [-0.05, 0) is 44.2 Å². The van der Waals surface area contributed by atoms with E-state index in [4.69, 9.17) is 9.47 Å². The van der Waals surface area contributed by atoms with Crippen LogP contribution in [0.25, 0.3) is 0 Å². The molecule has 1 aromatic rings. The van der Waals surface area contributed by atoms with Gasteiger partial charge in [-0.1, -0.05) is 30.7 Å². The quantitative estimate of drug-likeness (QED) is 0.378. The third-order valence-corrected chi connectivity index (χ3v) is 3.50. The fraction of sp³-hybridized carbons (Fsp3) is 0.529. The van der Waals surface area contributed by atoms with Crippen LogP contribution in [0.2, 0.25) is 0 Å². The van der Waals surface area contributed by atoms with E-state index in [0.29, 0.717) is 6.61 Å². The molecule has 1 fully saturated rings. The number of allylic oxidation sites excluding steroid dienone is 1. The Morgan fingerprint density at radius 3 is 2.84 bits per heavy atom. The summed E-state index contributed by atoms with van der Waals surface area (Å²) in [5.41, 5.74) is 1.27. The Kier molecular flexibility index (Phi) is 5.03. The van der Waals surface area contributed by atoms with E-state index in [1.165, 1.54) is 24.8 Å². The van der Waals surface area contributed by atoms with E-state index >= 15 is 0 Å². The number of hydrogen-bond acceptors (Lipinski definition) is 2. The van der Waals surface area contributed by atoms with Gasteiger partial charge in [-0.3, -0.25) is 0 Å². The second kappa shape index (κ2) is 6.76. The zero-order chi connectivity index (χ0) is 13.6. The molecule has 1 saturated heterocycles. The van der Waals surface area contributed by atoms with Gasteiger partial charge in [0.15, 0.2) is 0 Å². The number of para-hydroxylation sites is 1. The molecule has 1 aromatic carbocycles. The molecule has 0 radical (unpaired) electrons. The van der Waals surface area contributed by atoms with E-state index in [1.807, 2.05) is 12.1 Å². The van der Waals surface area contributed by atoms with Crippen molar-refractivity contribution >= 4 is 0 Å². The van der Waals surface area contributed by atoms with Crippen molar-refractivity contribution < 1.29 is 9.47 Å². The maximum absolute atomic E-state index is 5.90. The highest BCUT2D eigenvalue weighted by Crippen LogP contribution is 2.28. The van der Waals surface area contributed by atoms with Gasteiger partial charge in [0.2, 0.25) is 0 Å². The summed E-state index contributed by atoms with van der Waals surface area (Å²) >= 11 is 0. The Labute approximate surface area is 116 Å². The highest BCUT2D eigenvalue weighted by molar-refractivity contribution is 5.33. The lowest BCUT2D eigenvalue weighted by atomic mass is 10.1. The molecule has 1 aliphatic heterocycles. The molecule has 2 nitrogen and oxygen atoms in total. The first kappa shape index (κ1) is 14.1. The van der Waals surface area contributed by atoms with Crippen molar-refractivity contribution in [2.75, 3.05) is 13.2 Å². The van der Waals surface area contributed by atoms with Crippen molar-refractivity contribution in [1.82, 2.24) is 0 Å². The molecular weight excluding hydrogens is 236 g/mol. The predicted octanol–water partition coefficient (Wildman–Crippen LogP) is 4.14. The zero-order valence-corrected chi connectivity index (χ0v) is 11.9. The highest BCUT2D eigenvalue weighted by Gasteiger charge is 2.40. The molecule has 0 spiro atoms. The molecular formula is C17H24O2. The summed E-state index contributed by atoms with van der Waals surface area (Å²) in [6.45, 7) is 7.31. The summed E-state index contributed by atoms with van der Waals surface area (Å²) in [7, 11) is 0. The molecule has 0 amide bonds. The van der Waals surface area contributed by atoms with Crippen molar-refractivity contribution in [2.45, 2.75) is 44.6 Å². The number of unbranched alkanes of at least 4 members (excludes halogenated alkanes) is 3. The number of ether oxygens (including phenoxy) is 2. The van der Waals surface area contributed by atoms with Crippen LogP contribution in [0.5, 0.6) is 5.75 Å². The monoisotopic (exact) mass is 260 g/mol. The minimum absolute atomic E-state index is 0.0446. The SMILES string of the molecule is C=CCCCCCc1ccccc1OCC1(C)CO1. The van der Waals surface area contributed by atoms with Gasteiger partial charge in [0.05, 0.1) is 6.61 Å². The number of rotatable bonds is 9. The molecule has 1 heterocycles. The third kappa shape index (κ3) is 4.71. The van der Waals surface area contributed by atoms with Gasteiger partial charge in [0.25, 0.3) is 0 Å². The molecule has 2 rings (SSSR count). The summed E-state index contributed by atoms with van der Waals surface area (Å²) < 4.78 is 11.2. The van der Waals surface area contributed by atoms with Crippen molar-refractivity contribution in [2.24, 2.45) is 0 Å². The summed E-state index contributed by atoms with van der Waals surface area (Å²) in [6.07, 6.45) is 7.90. The first-order chi connectivity index (χ1) is 9.23. The summed E-state index contributed by atoms with van der Waals surface area (Å²) in [5.74, 6) is 1.02. The van der Waals surface area contributed by atoms with E-state index < -0.39 is 0 Å². The first-order valence-corrected chi connectivity index (χ1v) is 7.19. The topological polar surface area (TPSA) is 21.8 Å². The fourth-order valence-electron chi connectivity index (χ4n) is 2.07. The second-order valence-corrected chi connectivity index (χ2v) is 5.52. The van der Waals surface area contributed by atoms with Gasteiger partial charge in [0, 0.05) is 0 Å². The molecule has 0 aliphatic carbocycles. The zero-order valence-electron chi connectivity index (χ0n) is 11.9. The summed E-state index contributed by atoms with van der Waals surface area (Å²) in [4.78, 5) is 0. The van der Waals surface area contributed by atoms with Crippen LogP contribution in [0.4, 0.5) is 0 Å². The average Bonchev–Trinajstić information content (AvgIpc) is 3.16. The number of hydrogen-bond donors (Lipinski definition) is 0. The summed E-state index contributed by atoms with van der Waals surface area (Å²) in [5, 5.41) is 0. The van der Waals surface area contributed by atoms with Crippen molar-refractivity contribution in [3.05, 3.63) is 42.5 Å². The van der Waals surface area contributed by atoms with E-state index in [9.17, 15) is 0 Å². The van der Waals surface area contributed by atoms with Crippen LogP contribution in [-0.4, -0.2) is 18.8 Å². The lowest BCUT2D eigenvalue weighted by molar-refractivity contribution is 0.201. The van der Waals surface area contributed by atoms with Crippen LogP contribution in [-0.2, 0) is 11.2 Å². The normalized spacial score (nSPS) is 21.1. The Bertz CT molecular complexity index is 407. The van der Waals surface area contributed by atoms with Gasteiger partial charge < -0.3 is 9.47 Å².